The van der Waals surface area contributed by atoms with Crippen molar-refractivity contribution in [2.45, 2.75) is 13.8 Å². The van der Waals surface area contributed by atoms with Gasteiger partial charge in [-0.05, 0) is 68.0 Å². The molecular formula is C24H19N3O4S. The molecule has 3 heterocycles. The topological polar surface area (TPSA) is 72.8 Å². The van der Waals surface area contributed by atoms with Gasteiger partial charge in [-0.1, -0.05) is 18.2 Å². The van der Waals surface area contributed by atoms with Crippen molar-refractivity contribution in [3.63, 3.8) is 0 Å². The molecule has 0 atom stereocenters. The van der Waals surface area contributed by atoms with Crippen LogP contribution in [-0.4, -0.2) is 28.3 Å². The van der Waals surface area contributed by atoms with Crippen LogP contribution in [0.2, 0.25) is 0 Å². The van der Waals surface area contributed by atoms with E-state index in [1.807, 2.05) is 60.9 Å². The highest BCUT2D eigenvalue weighted by Crippen LogP contribution is 2.35. The number of para-hydroxylation sites is 1. The average Bonchev–Trinajstić information content (AvgIpc) is 3.35. The molecule has 0 radical (unpaired) electrons. The molecular weight excluding hydrogens is 426 g/mol. The number of ether oxygens (including phenoxy) is 2. The monoisotopic (exact) mass is 445 g/mol. The van der Waals surface area contributed by atoms with E-state index in [2.05, 4.69) is 5.32 Å². The summed E-state index contributed by atoms with van der Waals surface area (Å²) >= 11 is 5.25. The molecule has 7 nitrogen and oxygen atoms in total. The average molecular weight is 446 g/mol. The Balaban J connectivity index is 1.55. The third kappa shape index (κ3) is 3.25. The Labute approximate surface area is 189 Å². The maximum absolute atomic E-state index is 13.2. The standard InChI is InChI=1S/C24H19N3O4S/c1-14-10-16(15(2)26(14)18-8-9-20-21(12-18)31-13-30-20)11-19-22(28)25-24(32)27(23(19)29)17-6-4-3-5-7-17/h3-12H,13H2,1-2H3,(H,25,28,32)/b19-11-. The third-order valence-electron chi connectivity index (χ3n) is 5.50. The number of fused-ring (bicyclic) bond motifs is 1. The highest BCUT2D eigenvalue weighted by Gasteiger charge is 2.34. The van der Waals surface area contributed by atoms with Gasteiger partial charge in [0.25, 0.3) is 11.8 Å². The SMILES string of the molecule is Cc1cc(/C=C2/C(=O)NC(=S)N(c3ccccc3)C2=O)c(C)n1-c1ccc2c(c1)OCO2. The van der Waals surface area contributed by atoms with E-state index in [-0.39, 0.29) is 17.5 Å². The number of nitrogens with zero attached hydrogens (tertiary/aromatic N) is 2. The molecule has 1 fully saturated rings. The summed E-state index contributed by atoms with van der Waals surface area (Å²) in [6.45, 7) is 4.11. The van der Waals surface area contributed by atoms with Gasteiger partial charge in [-0.25, -0.2) is 0 Å². The fourth-order valence-electron chi connectivity index (χ4n) is 3.98. The predicted molar refractivity (Wildman–Crippen MR) is 124 cm³/mol. The van der Waals surface area contributed by atoms with Crippen molar-refractivity contribution in [1.29, 1.82) is 0 Å². The van der Waals surface area contributed by atoms with Gasteiger partial charge < -0.3 is 14.0 Å². The van der Waals surface area contributed by atoms with E-state index >= 15 is 0 Å². The van der Waals surface area contributed by atoms with Crippen LogP contribution < -0.4 is 19.7 Å². The highest BCUT2D eigenvalue weighted by atomic mass is 32.1. The zero-order chi connectivity index (χ0) is 22.4. The number of carbonyl (C=O) groups is 2. The zero-order valence-electron chi connectivity index (χ0n) is 17.4. The number of carbonyl (C=O) groups excluding carboxylic acids is 2. The highest BCUT2D eigenvalue weighted by molar-refractivity contribution is 7.80. The molecule has 1 N–H and O–H groups in total. The summed E-state index contributed by atoms with van der Waals surface area (Å²) in [5.74, 6) is 0.418. The molecule has 1 saturated heterocycles. The largest absolute Gasteiger partial charge is 0.454 e. The molecule has 0 aliphatic carbocycles. The van der Waals surface area contributed by atoms with Crippen LogP contribution in [-0.2, 0) is 9.59 Å². The first-order valence-electron chi connectivity index (χ1n) is 9.99. The van der Waals surface area contributed by atoms with E-state index < -0.39 is 11.8 Å². The Morgan fingerprint density at radius 2 is 1.72 bits per heavy atom. The summed E-state index contributed by atoms with van der Waals surface area (Å²) < 4.78 is 12.9. The number of benzene rings is 2. The van der Waals surface area contributed by atoms with Crippen molar-refractivity contribution >= 4 is 40.9 Å². The lowest BCUT2D eigenvalue weighted by Gasteiger charge is -2.28. The van der Waals surface area contributed by atoms with Crippen LogP contribution >= 0.6 is 12.2 Å². The predicted octanol–water partition coefficient (Wildman–Crippen LogP) is 3.65. The molecule has 0 spiro atoms. The first-order chi connectivity index (χ1) is 15.4. The summed E-state index contributed by atoms with van der Waals surface area (Å²) in [5, 5.41) is 2.69. The molecule has 32 heavy (non-hydrogen) atoms. The maximum atomic E-state index is 13.2. The van der Waals surface area contributed by atoms with E-state index in [1.165, 1.54) is 4.90 Å². The van der Waals surface area contributed by atoms with Crippen molar-refractivity contribution in [3.8, 4) is 17.2 Å². The number of aryl methyl sites for hydroxylation is 1. The number of anilines is 1. The molecule has 1 aromatic heterocycles. The number of hydrogen-bond donors (Lipinski definition) is 1. The van der Waals surface area contributed by atoms with Gasteiger partial charge in [-0.3, -0.25) is 19.8 Å². The van der Waals surface area contributed by atoms with E-state index in [1.54, 1.807) is 18.2 Å². The summed E-state index contributed by atoms with van der Waals surface area (Å²) in [6, 6.07) is 16.7. The van der Waals surface area contributed by atoms with Crippen LogP contribution in [0.15, 0.2) is 60.2 Å². The normalized spacial score (nSPS) is 16.6. The Hall–Kier alpha value is -3.91. The minimum atomic E-state index is -0.514. The first-order valence-corrected chi connectivity index (χ1v) is 10.4. The molecule has 2 aliphatic rings. The Kier molecular flexibility index (Phi) is 4.79. The molecule has 2 aromatic carbocycles. The van der Waals surface area contributed by atoms with Crippen LogP contribution in [0.3, 0.4) is 0 Å². The number of thiocarbonyl (C=S) groups is 1. The summed E-state index contributed by atoms with van der Waals surface area (Å²) in [5.41, 5.74) is 4.12. The van der Waals surface area contributed by atoms with Gasteiger partial charge in [0.2, 0.25) is 6.79 Å². The molecule has 0 unspecified atom stereocenters. The minimum Gasteiger partial charge on any atom is -0.454 e. The second kappa shape index (κ2) is 7.65. The molecule has 160 valence electrons. The maximum Gasteiger partial charge on any atom is 0.270 e. The number of hydrogen-bond acceptors (Lipinski definition) is 5. The van der Waals surface area contributed by atoms with Gasteiger partial charge in [0, 0.05) is 23.1 Å². The van der Waals surface area contributed by atoms with E-state index in [4.69, 9.17) is 21.7 Å². The smallest absolute Gasteiger partial charge is 0.270 e. The summed E-state index contributed by atoms with van der Waals surface area (Å²) in [6.07, 6.45) is 1.61. The van der Waals surface area contributed by atoms with Crippen LogP contribution in [0.1, 0.15) is 17.0 Å². The van der Waals surface area contributed by atoms with Crippen molar-refractivity contribution < 1.29 is 19.1 Å². The van der Waals surface area contributed by atoms with Crippen LogP contribution in [0, 0.1) is 13.8 Å². The number of aromatic nitrogens is 1. The number of rotatable bonds is 3. The van der Waals surface area contributed by atoms with Crippen molar-refractivity contribution in [2.75, 3.05) is 11.7 Å². The van der Waals surface area contributed by atoms with E-state index in [9.17, 15) is 9.59 Å². The Morgan fingerprint density at radius 1 is 0.969 bits per heavy atom. The Morgan fingerprint density at radius 3 is 2.50 bits per heavy atom. The molecule has 2 amide bonds. The van der Waals surface area contributed by atoms with Gasteiger partial charge >= 0.3 is 0 Å². The molecule has 3 aromatic rings. The van der Waals surface area contributed by atoms with Crippen molar-refractivity contribution in [1.82, 2.24) is 9.88 Å². The fraction of sp³-hybridized carbons (Fsp3) is 0.125. The van der Waals surface area contributed by atoms with Gasteiger partial charge in [-0.2, -0.15) is 0 Å². The van der Waals surface area contributed by atoms with E-state index in [0.717, 1.165) is 22.6 Å². The molecule has 2 aliphatic heterocycles. The summed E-state index contributed by atoms with van der Waals surface area (Å²) in [4.78, 5) is 27.2. The first kappa shape index (κ1) is 20.0. The number of amides is 2. The van der Waals surface area contributed by atoms with Crippen LogP contribution in [0.5, 0.6) is 11.5 Å². The van der Waals surface area contributed by atoms with Gasteiger partial charge in [0.1, 0.15) is 5.57 Å². The van der Waals surface area contributed by atoms with Crippen LogP contribution in [0.4, 0.5) is 5.69 Å². The number of nitrogens with one attached hydrogen (secondary N) is 1. The minimum absolute atomic E-state index is 0.0217. The summed E-state index contributed by atoms with van der Waals surface area (Å²) in [7, 11) is 0. The second-order valence-corrected chi connectivity index (χ2v) is 7.88. The Bertz CT molecular complexity index is 1310. The van der Waals surface area contributed by atoms with E-state index in [0.29, 0.717) is 17.2 Å². The van der Waals surface area contributed by atoms with Gasteiger partial charge in [0.15, 0.2) is 16.6 Å². The quantitative estimate of drug-likeness (QED) is 0.379. The lowest BCUT2D eigenvalue weighted by Crippen LogP contribution is -2.54. The molecule has 0 bridgehead atoms. The lowest BCUT2D eigenvalue weighted by atomic mass is 10.1. The molecule has 8 heteroatoms. The zero-order valence-corrected chi connectivity index (χ0v) is 18.2. The van der Waals surface area contributed by atoms with Crippen molar-refractivity contribution in [2.24, 2.45) is 0 Å². The second-order valence-electron chi connectivity index (χ2n) is 7.49. The van der Waals surface area contributed by atoms with Gasteiger partial charge in [0.05, 0.1) is 5.69 Å². The lowest BCUT2D eigenvalue weighted by molar-refractivity contribution is -0.122. The van der Waals surface area contributed by atoms with Crippen LogP contribution in [0.25, 0.3) is 11.8 Å². The van der Waals surface area contributed by atoms with Gasteiger partial charge in [-0.15, -0.1) is 0 Å². The fourth-order valence-corrected chi connectivity index (χ4v) is 4.26. The molecule has 0 saturated carbocycles. The van der Waals surface area contributed by atoms with Crippen molar-refractivity contribution in [3.05, 3.63) is 77.1 Å². The molecule has 5 rings (SSSR count). The third-order valence-corrected chi connectivity index (χ3v) is 5.79.